The monoisotopic (exact) mass is 632 g/mol. The Morgan fingerprint density at radius 2 is 1.76 bits per heavy atom. The highest BCUT2D eigenvalue weighted by molar-refractivity contribution is 9.10. The predicted octanol–water partition coefficient (Wildman–Crippen LogP) is 5.54. The molecule has 1 atom stereocenters. The lowest BCUT2D eigenvalue weighted by Gasteiger charge is -2.24. The van der Waals surface area contributed by atoms with Gasteiger partial charge >= 0.3 is 5.97 Å². The third kappa shape index (κ3) is 6.36. The van der Waals surface area contributed by atoms with Crippen LogP contribution in [0.1, 0.15) is 43.5 Å². The first-order valence-electron chi connectivity index (χ1n) is 13.3. The van der Waals surface area contributed by atoms with Crippen LogP contribution in [0.5, 0.6) is 11.5 Å². The summed E-state index contributed by atoms with van der Waals surface area (Å²) in [7, 11) is 0. The Morgan fingerprint density at radius 1 is 1.00 bits per heavy atom. The number of rotatable bonds is 9. The van der Waals surface area contributed by atoms with Crippen LogP contribution < -0.4 is 24.4 Å². The number of esters is 1. The first-order chi connectivity index (χ1) is 19.9. The lowest BCUT2D eigenvalue weighted by molar-refractivity contribution is -0.139. The van der Waals surface area contributed by atoms with Crippen LogP contribution in [0.4, 0.5) is 0 Å². The van der Waals surface area contributed by atoms with Gasteiger partial charge in [-0.2, -0.15) is 0 Å². The molecule has 1 aliphatic heterocycles. The minimum atomic E-state index is -0.677. The molecule has 4 aromatic rings. The molecule has 5 rings (SSSR count). The van der Waals surface area contributed by atoms with Crippen LogP contribution in [0.15, 0.2) is 98.3 Å². The van der Waals surface area contributed by atoms with E-state index in [-0.39, 0.29) is 12.2 Å². The summed E-state index contributed by atoms with van der Waals surface area (Å²) >= 11 is 4.73. The Hall–Kier alpha value is -3.95. The average Bonchev–Trinajstić information content (AvgIpc) is 3.27. The van der Waals surface area contributed by atoms with Crippen molar-refractivity contribution < 1.29 is 19.0 Å². The third-order valence-corrected chi connectivity index (χ3v) is 8.01. The standard InChI is InChI=1S/C32H29BrN2O5S/c1-4-38-25-15-11-23(12-16-25)29-28(31(37)39-5-2)20(3)34-32-35(29)30(36)27(41-32)18-22-7-6-8-26(17-22)40-19-21-9-13-24(33)14-10-21/h6-18,29H,4-5,19H2,1-3H3/b27-18-/t29-/m0/s1. The fraction of sp³-hybridized carbons (Fsp3) is 0.219. The number of fused-ring (bicyclic) bond motifs is 1. The minimum Gasteiger partial charge on any atom is -0.494 e. The first kappa shape index (κ1) is 28.6. The molecule has 0 fully saturated rings. The van der Waals surface area contributed by atoms with E-state index >= 15 is 0 Å². The maximum Gasteiger partial charge on any atom is 0.338 e. The molecule has 41 heavy (non-hydrogen) atoms. The highest BCUT2D eigenvalue weighted by Crippen LogP contribution is 2.31. The normalized spacial score (nSPS) is 14.8. The second-order valence-electron chi connectivity index (χ2n) is 9.29. The van der Waals surface area contributed by atoms with Gasteiger partial charge in [-0.05, 0) is 79.9 Å². The number of allylic oxidation sites excluding steroid dienone is 1. The zero-order valence-electron chi connectivity index (χ0n) is 22.9. The molecule has 0 saturated carbocycles. The molecule has 0 unspecified atom stereocenters. The lowest BCUT2D eigenvalue weighted by Crippen LogP contribution is -2.39. The maximum absolute atomic E-state index is 13.9. The molecular formula is C32H29BrN2O5S. The summed E-state index contributed by atoms with van der Waals surface area (Å²) in [4.78, 5) is 32.1. The topological polar surface area (TPSA) is 79.1 Å². The number of halogens is 1. The van der Waals surface area contributed by atoms with E-state index in [1.807, 2.05) is 85.8 Å². The fourth-order valence-electron chi connectivity index (χ4n) is 4.61. The van der Waals surface area contributed by atoms with Gasteiger partial charge in [0.1, 0.15) is 18.1 Å². The van der Waals surface area contributed by atoms with E-state index in [1.165, 1.54) is 11.3 Å². The number of thiazole rings is 1. The summed E-state index contributed by atoms with van der Waals surface area (Å²) in [6.45, 7) is 6.63. The van der Waals surface area contributed by atoms with Gasteiger partial charge in [0.05, 0.1) is 35.1 Å². The van der Waals surface area contributed by atoms with Gasteiger partial charge in [-0.1, -0.05) is 63.7 Å². The highest BCUT2D eigenvalue weighted by atomic mass is 79.9. The smallest absolute Gasteiger partial charge is 0.338 e. The Bertz CT molecular complexity index is 1770. The van der Waals surface area contributed by atoms with Gasteiger partial charge in [0.2, 0.25) is 0 Å². The quantitative estimate of drug-likeness (QED) is 0.226. The molecule has 7 nitrogen and oxygen atoms in total. The predicted molar refractivity (Wildman–Crippen MR) is 163 cm³/mol. The molecule has 1 aromatic heterocycles. The van der Waals surface area contributed by atoms with Gasteiger partial charge in [-0.3, -0.25) is 9.36 Å². The third-order valence-electron chi connectivity index (χ3n) is 6.50. The zero-order valence-corrected chi connectivity index (χ0v) is 25.3. The van der Waals surface area contributed by atoms with Crippen LogP contribution in [0.3, 0.4) is 0 Å². The number of benzene rings is 3. The summed E-state index contributed by atoms with van der Waals surface area (Å²) in [6.07, 6.45) is 1.83. The number of nitrogens with zero attached hydrogens (tertiary/aromatic N) is 2. The molecule has 3 aromatic carbocycles. The van der Waals surface area contributed by atoms with Crippen LogP contribution in [-0.4, -0.2) is 23.8 Å². The van der Waals surface area contributed by atoms with E-state index in [0.717, 1.165) is 21.2 Å². The molecule has 2 heterocycles. The molecule has 0 aliphatic carbocycles. The number of hydrogen-bond acceptors (Lipinski definition) is 7. The SMILES string of the molecule is CCOC(=O)C1=C(C)N=c2s/c(=C\c3cccc(OCc4ccc(Br)cc4)c3)c(=O)n2[C@H]1c1ccc(OCC)cc1. The summed E-state index contributed by atoms with van der Waals surface area (Å²) in [5.74, 6) is 0.920. The lowest BCUT2D eigenvalue weighted by atomic mass is 9.96. The van der Waals surface area contributed by atoms with Crippen LogP contribution >= 0.6 is 27.3 Å². The van der Waals surface area contributed by atoms with Gasteiger partial charge in [-0.25, -0.2) is 9.79 Å². The van der Waals surface area contributed by atoms with Crippen molar-refractivity contribution in [1.82, 2.24) is 4.57 Å². The van der Waals surface area contributed by atoms with Crippen molar-refractivity contribution in [2.45, 2.75) is 33.4 Å². The Kier molecular flexibility index (Phi) is 8.85. The van der Waals surface area contributed by atoms with Crippen LogP contribution in [0.25, 0.3) is 6.08 Å². The van der Waals surface area contributed by atoms with Crippen LogP contribution in [0.2, 0.25) is 0 Å². The fourth-order valence-corrected chi connectivity index (χ4v) is 5.92. The van der Waals surface area contributed by atoms with E-state index < -0.39 is 12.0 Å². The number of ether oxygens (including phenoxy) is 3. The molecule has 0 N–H and O–H groups in total. The molecule has 0 spiro atoms. The van der Waals surface area contributed by atoms with Crippen molar-refractivity contribution in [3.05, 3.63) is 125 Å². The Labute approximate surface area is 250 Å². The van der Waals surface area contributed by atoms with Gasteiger partial charge in [0, 0.05) is 4.47 Å². The van der Waals surface area contributed by atoms with Gasteiger partial charge in [-0.15, -0.1) is 0 Å². The molecule has 0 saturated heterocycles. The van der Waals surface area contributed by atoms with Gasteiger partial charge in [0.15, 0.2) is 4.80 Å². The Balaban J connectivity index is 1.53. The van der Waals surface area contributed by atoms with Crippen molar-refractivity contribution in [2.24, 2.45) is 4.99 Å². The summed E-state index contributed by atoms with van der Waals surface area (Å²) in [5.41, 5.74) is 3.28. The van der Waals surface area contributed by atoms with E-state index in [4.69, 9.17) is 14.2 Å². The summed E-state index contributed by atoms with van der Waals surface area (Å²) in [6, 6.07) is 22.3. The number of aromatic nitrogens is 1. The molecule has 0 bridgehead atoms. The maximum atomic E-state index is 13.9. The Morgan fingerprint density at radius 3 is 2.46 bits per heavy atom. The van der Waals surface area contributed by atoms with E-state index in [1.54, 1.807) is 18.4 Å². The summed E-state index contributed by atoms with van der Waals surface area (Å²) < 4.78 is 20.1. The van der Waals surface area contributed by atoms with Gasteiger partial charge in [0.25, 0.3) is 5.56 Å². The highest BCUT2D eigenvalue weighted by Gasteiger charge is 2.33. The van der Waals surface area contributed by atoms with E-state index in [0.29, 0.717) is 45.3 Å². The van der Waals surface area contributed by atoms with Crippen molar-refractivity contribution in [3.63, 3.8) is 0 Å². The van der Waals surface area contributed by atoms with E-state index in [2.05, 4.69) is 20.9 Å². The molecule has 0 radical (unpaired) electrons. The largest absolute Gasteiger partial charge is 0.494 e. The number of carbonyl (C=O) groups is 1. The van der Waals surface area contributed by atoms with Crippen molar-refractivity contribution in [2.75, 3.05) is 13.2 Å². The van der Waals surface area contributed by atoms with Crippen molar-refractivity contribution in [3.8, 4) is 11.5 Å². The van der Waals surface area contributed by atoms with E-state index in [9.17, 15) is 9.59 Å². The molecule has 9 heteroatoms. The molecule has 210 valence electrons. The molecule has 0 amide bonds. The minimum absolute atomic E-state index is 0.219. The van der Waals surface area contributed by atoms with Crippen molar-refractivity contribution >= 4 is 39.3 Å². The average molecular weight is 634 g/mol. The van der Waals surface area contributed by atoms with Crippen molar-refractivity contribution in [1.29, 1.82) is 0 Å². The first-order valence-corrected chi connectivity index (χ1v) is 14.9. The van der Waals surface area contributed by atoms with Crippen LogP contribution in [0, 0.1) is 0 Å². The molecular weight excluding hydrogens is 604 g/mol. The summed E-state index contributed by atoms with van der Waals surface area (Å²) in [5, 5.41) is 0. The number of carbonyl (C=O) groups excluding carboxylic acids is 1. The van der Waals surface area contributed by atoms with Gasteiger partial charge < -0.3 is 14.2 Å². The second kappa shape index (κ2) is 12.7. The number of hydrogen-bond donors (Lipinski definition) is 0. The molecule has 1 aliphatic rings. The second-order valence-corrected chi connectivity index (χ2v) is 11.2. The zero-order chi connectivity index (χ0) is 28.9. The van der Waals surface area contributed by atoms with Crippen LogP contribution in [-0.2, 0) is 16.1 Å².